The van der Waals surface area contributed by atoms with Crippen molar-refractivity contribution in [1.29, 1.82) is 0 Å². The molecule has 69 heavy (non-hydrogen) atoms. The van der Waals surface area contributed by atoms with Crippen molar-refractivity contribution in [2.75, 3.05) is 19.6 Å². The minimum atomic E-state index is -1.32. The molecular weight excluding hydrogens is 891 g/mol. The van der Waals surface area contributed by atoms with E-state index in [4.69, 9.17) is 34.4 Å². The van der Waals surface area contributed by atoms with Gasteiger partial charge in [0.1, 0.15) is 36.3 Å². The maximum atomic E-state index is 14.2. The number of H-pyrrole nitrogens is 1. The first-order valence-electron chi connectivity index (χ1n) is 23.0. The largest absolute Gasteiger partial charge is 0.480 e. The SMILES string of the molecule is CC(C)[C@H](NC(=O)[C@H](Cc1c[nH]c2ccccc12)NC(=O)[C@H](C)NC(=O)[C@H](CCCN=C(N)N)NC(=O)[C@H](Cc1ccccc1)NC(=O)[C@@H](N)CCCCN)C(=O)N[C@@H](CCCN=C(N)N)C(=O)O. The lowest BCUT2D eigenvalue weighted by Crippen LogP contribution is -2.60. The van der Waals surface area contributed by atoms with Crippen molar-refractivity contribution in [1.82, 2.24) is 36.9 Å². The Morgan fingerprint density at radius 1 is 0.594 bits per heavy atom. The molecule has 1 aromatic heterocycles. The van der Waals surface area contributed by atoms with Gasteiger partial charge in [0.2, 0.25) is 35.4 Å². The van der Waals surface area contributed by atoms with Crippen LogP contribution in [0.3, 0.4) is 0 Å². The fourth-order valence-electron chi connectivity index (χ4n) is 7.24. The number of benzene rings is 2. The second-order valence-corrected chi connectivity index (χ2v) is 17.1. The number of aromatic nitrogens is 1. The number of carbonyl (C=O) groups excluding carboxylic acids is 6. The average Bonchev–Trinajstić information content (AvgIpc) is 3.71. The van der Waals surface area contributed by atoms with E-state index in [-0.39, 0.29) is 63.5 Å². The van der Waals surface area contributed by atoms with Gasteiger partial charge < -0.3 is 76.4 Å². The number of hydrogen-bond donors (Lipinski definition) is 14. The maximum absolute atomic E-state index is 14.2. The number of fused-ring (bicyclic) bond motifs is 1. The number of aliphatic carboxylic acids is 1. The first-order valence-corrected chi connectivity index (χ1v) is 23.0. The van der Waals surface area contributed by atoms with Gasteiger partial charge >= 0.3 is 5.97 Å². The van der Waals surface area contributed by atoms with Crippen molar-refractivity contribution in [3.63, 3.8) is 0 Å². The summed E-state index contributed by atoms with van der Waals surface area (Å²) >= 11 is 0. The number of carboxylic acids is 1. The Morgan fingerprint density at radius 3 is 1.74 bits per heavy atom. The summed E-state index contributed by atoms with van der Waals surface area (Å²) in [5, 5.41) is 26.6. The summed E-state index contributed by atoms with van der Waals surface area (Å²) in [5.74, 6) is -6.52. The van der Waals surface area contributed by atoms with E-state index in [9.17, 15) is 38.7 Å². The lowest BCUT2D eigenvalue weighted by atomic mass is 9.99. The molecule has 3 aromatic rings. The number of guanidine groups is 2. The molecule has 0 aliphatic carbocycles. The predicted molar refractivity (Wildman–Crippen MR) is 263 cm³/mol. The van der Waals surface area contributed by atoms with Crippen LogP contribution in [0.15, 0.2) is 70.8 Å². The van der Waals surface area contributed by atoms with Crippen LogP contribution in [0, 0.1) is 5.92 Å². The normalized spacial score (nSPS) is 14.1. The molecule has 2 aromatic carbocycles. The van der Waals surface area contributed by atoms with E-state index in [1.54, 1.807) is 50.4 Å². The molecule has 378 valence electrons. The molecule has 0 radical (unpaired) electrons. The Hall–Kier alpha value is -7.27. The van der Waals surface area contributed by atoms with E-state index in [2.05, 4.69) is 46.9 Å². The molecule has 23 heteroatoms. The molecule has 0 fully saturated rings. The number of aromatic amines is 1. The van der Waals surface area contributed by atoms with E-state index in [1.165, 1.54) is 6.92 Å². The van der Waals surface area contributed by atoms with Gasteiger partial charge in [0.15, 0.2) is 11.9 Å². The molecule has 0 bridgehead atoms. The number of carbonyl (C=O) groups is 7. The molecule has 6 amide bonds. The molecule has 3 rings (SSSR count). The number of carboxylic acid groups (broad SMARTS) is 1. The third-order valence-electron chi connectivity index (χ3n) is 11.1. The molecular formula is C46H71N15O8. The van der Waals surface area contributed by atoms with Crippen molar-refractivity contribution in [3.8, 4) is 0 Å². The number of unbranched alkanes of at least 4 members (excludes halogenated alkanes) is 1. The lowest BCUT2D eigenvalue weighted by Gasteiger charge is -2.28. The number of para-hydroxylation sites is 1. The van der Waals surface area contributed by atoms with Gasteiger partial charge in [-0.15, -0.1) is 0 Å². The molecule has 0 saturated heterocycles. The molecule has 0 aliphatic rings. The third-order valence-corrected chi connectivity index (χ3v) is 11.1. The summed E-state index contributed by atoms with van der Waals surface area (Å²) in [6, 6.07) is 7.75. The molecule has 0 unspecified atom stereocenters. The number of aliphatic imine (C=N–C) groups is 2. The lowest BCUT2D eigenvalue weighted by molar-refractivity contribution is -0.142. The molecule has 1 heterocycles. The van der Waals surface area contributed by atoms with Gasteiger partial charge in [-0.3, -0.25) is 38.8 Å². The first kappa shape index (κ1) is 56.1. The number of nitrogens with two attached hydrogens (primary N) is 6. The summed E-state index contributed by atoms with van der Waals surface area (Å²) in [7, 11) is 0. The Labute approximate surface area is 401 Å². The van der Waals surface area contributed by atoms with Crippen molar-refractivity contribution < 1.29 is 38.7 Å². The highest BCUT2D eigenvalue weighted by molar-refractivity contribution is 5.97. The Morgan fingerprint density at radius 2 is 1.13 bits per heavy atom. The number of amides is 6. The predicted octanol–water partition coefficient (Wildman–Crippen LogP) is -1.81. The summed E-state index contributed by atoms with van der Waals surface area (Å²) in [6.07, 6.45) is 3.77. The van der Waals surface area contributed by atoms with Gasteiger partial charge in [0.25, 0.3) is 0 Å². The van der Waals surface area contributed by atoms with Crippen LogP contribution in [-0.2, 0) is 46.4 Å². The van der Waals surface area contributed by atoms with Crippen molar-refractivity contribution >= 4 is 64.2 Å². The fraction of sp³-hybridized carbons (Fsp3) is 0.500. The highest BCUT2D eigenvalue weighted by atomic mass is 16.4. The summed E-state index contributed by atoms with van der Waals surface area (Å²) in [5.41, 5.74) is 35.7. The zero-order valence-electron chi connectivity index (χ0n) is 39.5. The third kappa shape index (κ3) is 19.5. The quantitative estimate of drug-likeness (QED) is 0.0199. The molecule has 23 nitrogen and oxygen atoms in total. The highest BCUT2D eigenvalue weighted by Gasteiger charge is 2.34. The molecule has 0 saturated carbocycles. The van der Waals surface area contributed by atoms with Crippen LogP contribution in [0.25, 0.3) is 10.9 Å². The van der Waals surface area contributed by atoms with E-state index >= 15 is 0 Å². The Balaban J connectivity index is 1.86. The maximum Gasteiger partial charge on any atom is 0.326 e. The van der Waals surface area contributed by atoms with Crippen LogP contribution in [-0.4, -0.2) is 125 Å². The van der Waals surface area contributed by atoms with E-state index in [0.717, 1.165) is 16.5 Å². The van der Waals surface area contributed by atoms with Crippen LogP contribution in [0.1, 0.15) is 76.8 Å². The van der Waals surface area contributed by atoms with E-state index < -0.39 is 89.6 Å². The van der Waals surface area contributed by atoms with Crippen LogP contribution < -0.4 is 66.3 Å². The summed E-state index contributed by atoms with van der Waals surface area (Å²) in [6.45, 7) is 5.39. The van der Waals surface area contributed by atoms with Crippen LogP contribution >= 0.6 is 0 Å². The van der Waals surface area contributed by atoms with Crippen molar-refractivity contribution in [2.45, 2.75) is 121 Å². The minimum Gasteiger partial charge on any atom is -0.480 e. The van der Waals surface area contributed by atoms with Gasteiger partial charge in [0.05, 0.1) is 6.04 Å². The second-order valence-electron chi connectivity index (χ2n) is 17.1. The zero-order valence-corrected chi connectivity index (χ0v) is 39.5. The van der Waals surface area contributed by atoms with E-state index in [1.807, 2.05) is 24.3 Å². The number of hydrogen-bond acceptors (Lipinski definition) is 11. The first-order chi connectivity index (χ1) is 32.8. The highest BCUT2D eigenvalue weighted by Crippen LogP contribution is 2.20. The van der Waals surface area contributed by atoms with Gasteiger partial charge in [-0.2, -0.15) is 0 Å². The zero-order chi connectivity index (χ0) is 51.0. The number of nitrogens with one attached hydrogen (secondary N) is 7. The summed E-state index contributed by atoms with van der Waals surface area (Å²) in [4.78, 5) is 106. The number of rotatable bonds is 30. The Bertz CT molecular complexity index is 2230. The van der Waals surface area contributed by atoms with Gasteiger partial charge in [-0.1, -0.05) is 68.8 Å². The molecule has 20 N–H and O–H groups in total. The molecule has 7 atom stereocenters. The van der Waals surface area contributed by atoms with Crippen LogP contribution in [0.4, 0.5) is 0 Å². The molecule has 0 aliphatic heterocycles. The minimum absolute atomic E-state index is 0.00419. The monoisotopic (exact) mass is 962 g/mol. The fourth-order valence-corrected chi connectivity index (χ4v) is 7.24. The van der Waals surface area contributed by atoms with Gasteiger partial charge in [-0.25, -0.2) is 4.79 Å². The van der Waals surface area contributed by atoms with Gasteiger partial charge in [-0.05, 0) is 75.1 Å². The van der Waals surface area contributed by atoms with E-state index in [0.29, 0.717) is 31.4 Å². The van der Waals surface area contributed by atoms with Crippen molar-refractivity contribution in [3.05, 3.63) is 71.9 Å². The molecule has 0 spiro atoms. The number of nitrogens with zero attached hydrogens (tertiary/aromatic N) is 2. The topological polar surface area (TPSA) is 409 Å². The van der Waals surface area contributed by atoms with Crippen LogP contribution in [0.5, 0.6) is 0 Å². The summed E-state index contributed by atoms with van der Waals surface area (Å²) < 4.78 is 0. The van der Waals surface area contributed by atoms with Gasteiger partial charge in [0, 0.05) is 43.0 Å². The van der Waals surface area contributed by atoms with Crippen LogP contribution in [0.2, 0.25) is 0 Å². The average molecular weight is 962 g/mol. The standard InChI is InChI=1S/C46H71N15O8/c1-26(2)37(43(67)58-34(44(68)69)19-12-22-54-46(51)52)61-42(66)36(24-29-25-55-32-17-8-7-15-30(29)32)59-38(62)27(3)56-40(64)33(18-11-21-53-45(49)50)57-41(65)35(23-28-13-5-4-6-14-28)60-39(63)31(48)16-9-10-20-47/h4-8,13-15,17,25-27,31,33-37,55H,9-12,16,18-24,47-48H2,1-3H3,(H,56,64)(H,57,65)(H,58,67)(H,59,62)(H,60,63)(H,61,66)(H,68,69)(H4,49,50,53)(H4,51,52,54)/t27-,31-,33-,34-,35-,36-,37-/m0/s1. The Kier molecular flexibility index (Phi) is 23.4. The smallest absolute Gasteiger partial charge is 0.326 e. The second kappa shape index (κ2) is 28.8. The van der Waals surface area contributed by atoms with Crippen molar-refractivity contribution in [2.24, 2.45) is 50.3 Å².